The van der Waals surface area contributed by atoms with Crippen LogP contribution in [-0.2, 0) is 10.0 Å². The van der Waals surface area contributed by atoms with Gasteiger partial charge in [-0.3, -0.25) is 9.52 Å². The zero-order chi connectivity index (χ0) is 15.6. The van der Waals surface area contributed by atoms with Crippen molar-refractivity contribution in [2.45, 2.75) is 11.8 Å². The Morgan fingerprint density at radius 2 is 1.90 bits per heavy atom. The number of nitrogens with one attached hydrogen (secondary N) is 1. The third kappa shape index (κ3) is 3.68. The molecule has 0 fully saturated rings. The summed E-state index contributed by atoms with van der Waals surface area (Å²) in [4.78, 5) is 11.2. The second-order valence-corrected chi connectivity index (χ2v) is 6.86. The quantitative estimate of drug-likeness (QED) is 0.835. The van der Waals surface area contributed by atoms with Crippen LogP contribution >= 0.6 is 15.9 Å². The van der Waals surface area contributed by atoms with Crippen molar-refractivity contribution in [3.05, 3.63) is 58.3 Å². The number of hydrogen-bond acceptors (Lipinski definition) is 3. The van der Waals surface area contributed by atoms with E-state index in [1.807, 2.05) is 0 Å². The van der Waals surface area contributed by atoms with Gasteiger partial charge in [-0.05, 0) is 53.2 Å². The Morgan fingerprint density at radius 1 is 1.19 bits per heavy atom. The Labute approximate surface area is 130 Å². The Hall–Kier alpha value is -1.73. The van der Waals surface area contributed by atoms with E-state index in [1.54, 1.807) is 0 Å². The van der Waals surface area contributed by atoms with Gasteiger partial charge in [-0.2, -0.15) is 0 Å². The lowest BCUT2D eigenvalue weighted by molar-refractivity contribution is 0.101. The van der Waals surface area contributed by atoms with Gasteiger partial charge in [0.1, 0.15) is 5.82 Å². The first kappa shape index (κ1) is 15.7. The molecule has 0 aromatic heterocycles. The van der Waals surface area contributed by atoms with Crippen LogP contribution < -0.4 is 4.72 Å². The average molecular weight is 372 g/mol. The zero-order valence-corrected chi connectivity index (χ0v) is 13.3. The van der Waals surface area contributed by atoms with Crippen molar-refractivity contribution in [1.29, 1.82) is 0 Å². The predicted octanol–water partition coefficient (Wildman–Crippen LogP) is 3.59. The van der Waals surface area contributed by atoms with E-state index in [-0.39, 0.29) is 20.8 Å². The molecule has 7 heteroatoms. The number of carbonyl (C=O) groups excluding carboxylic acids is 1. The Morgan fingerprint density at radius 3 is 2.52 bits per heavy atom. The molecule has 110 valence electrons. The van der Waals surface area contributed by atoms with Crippen LogP contribution in [0.25, 0.3) is 0 Å². The van der Waals surface area contributed by atoms with E-state index >= 15 is 0 Å². The van der Waals surface area contributed by atoms with Gasteiger partial charge in [0.15, 0.2) is 5.78 Å². The number of halogens is 2. The first-order valence-electron chi connectivity index (χ1n) is 5.88. The minimum absolute atomic E-state index is 0.0569. The first-order chi connectivity index (χ1) is 9.79. The minimum atomic E-state index is -3.88. The van der Waals surface area contributed by atoms with Gasteiger partial charge >= 0.3 is 0 Å². The van der Waals surface area contributed by atoms with Gasteiger partial charge in [-0.15, -0.1) is 0 Å². The van der Waals surface area contributed by atoms with Gasteiger partial charge in [-0.25, -0.2) is 12.8 Å². The highest BCUT2D eigenvalue weighted by atomic mass is 79.9. The smallest absolute Gasteiger partial charge is 0.261 e. The summed E-state index contributed by atoms with van der Waals surface area (Å²) in [5.41, 5.74) is 0.392. The molecule has 0 saturated heterocycles. The molecule has 0 radical (unpaired) electrons. The van der Waals surface area contributed by atoms with E-state index in [2.05, 4.69) is 20.7 Å². The maximum absolute atomic E-state index is 13.4. The molecule has 0 spiro atoms. The van der Waals surface area contributed by atoms with Gasteiger partial charge in [0.2, 0.25) is 0 Å². The molecule has 0 aliphatic carbocycles. The average Bonchev–Trinajstić information content (AvgIpc) is 2.43. The third-order valence-electron chi connectivity index (χ3n) is 2.72. The highest BCUT2D eigenvalue weighted by Crippen LogP contribution is 2.22. The molecule has 2 aromatic rings. The molecule has 0 unspecified atom stereocenters. The Bertz CT molecular complexity index is 806. The number of rotatable bonds is 4. The van der Waals surface area contributed by atoms with Crippen molar-refractivity contribution < 1.29 is 17.6 Å². The van der Waals surface area contributed by atoms with Crippen LogP contribution in [0.5, 0.6) is 0 Å². The minimum Gasteiger partial charge on any atom is -0.295 e. The summed E-state index contributed by atoms with van der Waals surface area (Å²) in [6.07, 6.45) is 0. The molecule has 0 aliphatic rings. The van der Waals surface area contributed by atoms with Crippen molar-refractivity contribution in [2.75, 3.05) is 4.72 Å². The number of carbonyl (C=O) groups is 1. The summed E-state index contributed by atoms with van der Waals surface area (Å²) in [6.45, 7) is 1.35. The molecule has 0 saturated carbocycles. The number of hydrogen-bond donors (Lipinski definition) is 1. The van der Waals surface area contributed by atoms with Crippen molar-refractivity contribution in [3.8, 4) is 0 Å². The van der Waals surface area contributed by atoms with E-state index < -0.39 is 15.8 Å². The lowest BCUT2D eigenvalue weighted by Gasteiger charge is -2.09. The normalized spacial score (nSPS) is 11.2. The fraction of sp³-hybridized carbons (Fsp3) is 0.0714. The summed E-state index contributed by atoms with van der Waals surface area (Å²) in [5.74, 6) is -0.811. The van der Waals surface area contributed by atoms with E-state index in [9.17, 15) is 17.6 Å². The number of sulfonamides is 1. The molecule has 0 atom stereocenters. The van der Waals surface area contributed by atoms with Crippen molar-refractivity contribution in [3.63, 3.8) is 0 Å². The molecule has 0 aliphatic heterocycles. The molecule has 21 heavy (non-hydrogen) atoms. The van der Waals surface area contributed by atoms with Crippen LogP contribution in [0.4, 0.5) is 10.1 Å². The summed E-state index contributed by atoms with van der Waals surface area (Å²) in [5, 5.41) is 0. The van der Waals surface area contributed by atoms with E-state index in [0.717, 1.165) is 6.07 Å². The number of ketones is 1. The molecule has 0 amide bonds. The molecule has 2 aromatic carbocycles. The highest BCUT2D eigenvalue weighted by molar-refractivity contribution is 9.10. The van der Waals surface area contributed by atoms with Gasteiger partial charge in [0.05, 0.1) is 15.1 Å². The molecule has 1 N–H and O–H groups in total. The summed E-state index contributed by atoms with van der Waals surface area (Å²) in [6, 6.07) is 9.55. The SMILES string of the molecule is CC(=O)c1cccc(S(=O)(=O)Nc2ccc(Br)c(F)c2)c1. The van der Waals surface area contributed by atoms with Crippen LogP contribution in [-0.4, -0.2) is 14.2 Å². The van der Waals surface area contributed by atoms with Crippen molar-refractivity contribution >= 4 is 37.4 Å². The van der Waals surface area contributed by atoms with Crippen LogP contribution in [0.1, 0.15) is 17.3 Å². The summed E-state index contributed by atoms with van der Waals surface area (Å²) in [7, 11) is -3.88. The molecule has 0 heterocycles. The fourth-order valence-corrected chi connectivity index (χ4v) is 3.00. The largest absolute Gasteiger partial charge is 0.295 e. The topological polar surface area (TPSA) is 63.2 Å². The number of benzene rings is 2. The number of anilines is 1. The van der Waals surface area contributed by atoms with Crippen molar-refractivity contribution in [2.24, 2.45) is 0 Å². The van der Waals surface area contributed by atoms with Crippen LogP contribution in [0, 0.1) is 5.82 Å². The Balaban J connectivity index is 2.36. The van der Waals surface area contributed by atoms with E-state index in [1.165, 1.54) is 43.3 Å². The van der Waals surface area contributed by atoms with Crippen molar-refractivity contribution in [1.82, 2.24) is 0 Å². The molecular formula is C14H11BrFNO3S. The standard InChI is InChI=1S/C14H11BrFNO3S/c1-9(18)10-3-2-4-12(7-10)21(19,20)17-11-5-6-13(15)14(16)8-11/h2-8,17H,1H3. The van der Waals surface area contributed by atoms with E-state index in [0.29, 0.717) is 5.56 Å². The second kappa shape index (κ2) is 5.95. The number of Topliss-reactive ketones (excluding diaryl/α,β-unsaturated/α-hetero) is 1. The van der Waals surface area contributed by atoms with Gasteiger partial charge < -0.3 is 0 Å². The maximum atomic E-state index is 13.4. The van der Waals surface area contributed by atoms with E-state index in [4.69, 9.17) is 0 Å². The van der Waals surface area contributed by atoms with Gasteiger partial charge in [0, 0.05) is 5.56 Å². The summed E-state index contributed by atoms with van der Waals surface area (Å²) < 4.78 is 40.3. The second-order valence-electron chi connectivity index (χ2n) is 4.32. The lowest BCUT2D eigenvalue weighted by atomic mass is 10.2. The van der Waals surface area contributed by atoms with Crippen LogP contribution in [0.3, 0.4) is 0 Å². The molecule has 0 bridgehead atoms. The fourth-order valence-electron chi connectivity index (χ4n) is 1.66. The maximum Gasteiger partial charge on any atom is 0.261 e. The molecule has 4 nitrogen and oxygen atoms in total. The zero-order valence-electron chi connectivity index (χ0n) is 10.9. The van der Waals surface area contributed by atoms with Gasteiger partial charge in [-0.1, -0.05) is 12.1 Å². The predicted molar refractivity (Wildman–Crippen MR) is 81.4 cm³/mol. The van der Waals surface area contributed by atoms with Crippen LogP contribution in [0.15, 0.2) is 51.8 Å². The lowest BCUT2D eigenvalue weighted by Crippen LogP contribution is -2.13. The third-order valence-corrected chi connectivity index (χ3v) is 4.74. The Kier molecular flexibility index (Phi) is 4.43. The monoisotopic (exact) mass is 371 g/mol. The molecule has 2 rings (SSSR count). The highest BCUT2D eigenvalue weighted by Gasteiger charge is 2.16. The molecular weight excluding hydrogens is 361 g/mol. The first-order valence-corrected chi connectivity index (χ1v) is 8.16. The van der Waals surface area contributed by atoms with Crippen LogP contribution in [0.2, 0.25) is 0 Å². The van der Waals surface area contributed by atoms with Gasteiger partial charge in [0.25, 0.3) is 10.0 Å². The summed E-state index contributed by atoms with van der Waals surface area (Å²) >= 11 is 2.99.